The van der Waals surface area contributed by atoms with E-state index in [0.717, 1.165) is 25.1 Å². The number of fused-ring (bicyclic) bond motifs is 1. The SMILES string of the molecule is CCN1CCc2cc(CC(NC(=O)OC(C)(C)C)C(=O)O)ccc21. The molecule has 0 radical (unpaired) electrons. The zero-order valence-electron chi connectivity index (χ0n) is 14.8. The van der Waals surface area contributed by atoms with Crippen LogP contribution in [-0.2, 0) is 22.4 Å². The number of nitrogens with zero attached hydrogens (tertiary/aromatic N) is 1. The van der Waals surface area contributed by atoms with Crippen molar-refractivity contribution in [3.05, 3.63) is 29.3 Å². The van der Waals surface area contributed by atoms with Gasteiger partial charge in [0.15, 0.2) is 0 Å². The summed E-state index contributed by atoms with van der Waals surface area (Å²) in [6.45, 7) is 9.29. The Kier molecular flexibility index (Phi) is 5.36. The Morgan fingerprint density at radius 3 is 2.67 bits per heavy atom. The highest BCUT2D eigenvalue weighted by Crippen LogP contribution is 2.28. The summed E-state index contributed by atoms with van der Waals surface area (Å²) in [5, 5.41) is 11.8. The maximum Gasteiger partial charge on any atom is 0.408 e. The van der Waals surface area contributed by atoms with Crippen molar-refractivity contribution in [1.82, 2.24) is 5.32 Å². The topological polar surface area (TPSA) is 78.9 Å². The van der Waals surface area contributed by atoms with Gasteiger partial charge in [-0.15, -0.1) is 0 Å². The minimum absolute atomic E-state index is 0.230. The fourth-order valence-corrected chi connectivity index (χ4v) is 2.86. The fourth-order valence-electron chi connectivity index (χ4n) is 2.86. The number of carbonyl (C=O) groups excluding carboxylic acids is 1. The third-order valence-corrected chi connectivity index (χ3v) is 3.95. The van der Waals surface area contributed by atoms with Crippen molar-refractivity contribution < 1.29 is 19.4 Å². The standard InChI is InChI=1S/C18H26N2O4/c1-5-20-9-8-13-10-12(6-7-15(13)20)11-14(16(21)22)19-17(23)24-18(2,3)4/h6-7,10,14H,5,8-9,11H2,1-4H3,(H,19,23)(H,21,22). The van der Waals surface area contributed by atoms with Gasteiger partial charge >= 0.3 is 12.1 Å². The number of alkyl carbamates (subject to hydrolysis) is 1. The van der Waals surface area contributed by atoms with Crippen molar-refractivity contribution in [2.75, 3.05) is 18.0 Å². The molecule has 1 aliphatic heterocycles. The molecule has 0 spiro atoms. The van der Waals surface area contributed by atoms with Crippen molar-refractivity contribution >= 4 is 17.7 Å². The van der Waals surface area contributed by atoms with Crippen molar-refractivity contribution in [3.8, 4) is 0 Å². The first-order chi connectivity index (χ1) is 11.2. The van der Waals surface area contributed by atoms with Gasteiger partial charge in [-0.3, -0.25) is 0 Å². The quantitative estimate of drug-likeness (QED) is 0.865. The zero-order valence-corrected chi connectivity index (χ0v) is 14.8. The molecule has 0 aliphatic carbocycles. The molecule has 1 heterocycles. The summed E-state index contributed by atoms with van der Waals surface area (Å²) in [4.78, 5) is 25.6. The molecule has 1 aromatic carbocycles. The number of rotatable bonds is 5. The Morgan fingerprint density at radius 1 is 1.38 bits per heavy atom. The molecule has 1 unspecified atom stereocenters. The number of amides is 1. The average Bonchev–Trinajstić information content (AvgIpc) is 2.86. The number of aliphatic carboxylic acids is 1. The largest absolute Gasteiger partial charge is 0.480 e. The molecular weight excluding hydrogens is 308 g/mol. The molecule has 24 heavy (non-hydrogen) atoms. The molecule has 1 atom stereocenters. The van der Waals surface area contributed by atoms with Crippen molar-refractivity contribution in [2.45, 2.75) is 52.2 Å². The highest BCUT2D eigenvalue weighted by atomic mass is 16.6. The van der Waals surface area contributed by atoms with E-state index in [1.807, 2.05) is 18.2 Å². The van der Waals surface area contributed by atoms with E-state index in [1.165, 1.54) is 11.3 Å². The molecule has 1 amide bonds. The summed E-state index contributed by atoms with van der Waals surface area (Å²) in [5.74, 6) is -1.07. The van der Waals surface area contributed by atoms with Crippen LogP contribution in [0.5, 0.6) is 0 Å². The van der Waals surface area contributed by atoms with Crippen LogP contribution in [0.1, 0.15) is 38.8 Å². The fraction of sp³-hybridized carbons (Fsp3) is 0.556. The van der Waals surface area contributed by atoms with Crippen molar-refractivity contribution in [3.63, 3.8) is 0 Å². The lowest BCUT2D eigenvalue weighted by molar-refractivity contribution is -0.139. The smallest absolute Gasteiger partial charge is 0.408 e. The van der Waals surface area contributed by atoms with Gasteiger partial charge in [0.25, 0.3) is 0 Å². The maximum absolute atomic E-state index is 11.8. The molecule has 2 N–H and O–H groups in total. The van der Waals surface area contributed by atoms with Gasteiger partial charge in [-0.05, 0) is 51.3 Å². The van der Waals surface area contributed by atoms with Gasteiger partial charge in [0.2, 0.25) is 0 Å². The predicted octanol–water partition coefficient (Wildman–Crippen LogP) is 2.59. The van der Waals surface area contributed by atoms with Gasteiger partial charge in [-0.25, -0.2) is 9.59 Å². The van der Waals surface area contributed by atoms with E-state index in [-0.39, 0.29) is 6.42 Å². The Balaban J connectivity index is 2.06. The molecule has 0 saturated carbocycles. The Labute approximate surface area is 142 Å². The van der Waals surface area contributed by atoms with E-state index in [2.05, 4.69) is 17.1 Å². The second kappa shape index (κ2) is 7.11. The molecule has 6 nitrogen and oxygen atoms in total. The number of benzene rings is 1. The molecule has 6 heteroatoms. The van der Waals surface area contributed by atoms with Crippen LogP contribution >= 0.6 is 0 Å². The van der Waals surface area contributed by atoms with Crippen LogP contribution in [0.4, 0.5) is 10.5 Å². The minimum Gasteiger partial charge on any atom is -0.480 e. The number of ether oxygens (including phenoxy) is 1. The third-order valence-electron chi connectivity index (χ3n) is 3.95. The molecule has 1 aromatic rings. The minimum atomic E-state index is -1.07. The maximum atomic E-state index is 11.8. The first kappa shape index (κ1) is 18.1. The highest BCUT2D eigenvalue weighted by molar-refractivity contribution is 5.80. The zero-order chi connectivity index (χ0) is 17.9. The van der Waals surface area contributed by atoms with Crippen LogP contribution in [-0.4, -0.2) is 41.9 Å². The van der Waals surface area contributed by atoms with Crippen LogP contribution in [0.2, 0.25) is 0 Å². The van der Waals surface area contributed by atoms with Crippen LogP contribution in [0.15, 0.2) is 18.2 Å². The van der Waals surface area contributed by atoms with Gasteiger partial charge < -0.3 is 20.1 Å². The predicted molar refractivity (Wildman–Crippen MR) is 92.5 cm³/mol. The molecule has 0 aromatic heterocycles. The summed E-state index contributed by atoms with van der Waals surface area (Å²) in [7, 11) is 0. The third kappa shape index (κ3) is 4.63. The average molecular weight is 334 g/mol. The van der Waals surface area contributed by atoms with Crippen LogP contribution in [0, 0.1) is 0 Å². The van der Waals surface area contributed by atoms with E-state index in [9.17, 15) is 14.7 Å². The van der Waals surface area contributed by atoms with E-state index in [0.29, 0.717) is 0 Å². The van der Waals surface area contributed by atoms with E-state index < -0.39 is 23.7 Å². The number of carbonyl (C=O) groups is 2. The number of carboxylic acid groups (broad SMARTS) is 1. The van der Waals surface area contributed by atoms with Gasteiger partial charge in [-0.2, -0.15) is 0 Å². The lowest BCUT2D eigenvalue weighted by Gasteiger charge is -2.22. The van der Waals surface area contributed by atoms with Crippen LogP contribution < -0.4 is 10.2 Å². The molecule has 2 rings (SSSR count). The molecule has 1 aliphatic rings. The van der Waals surface area contributed by atoms with E-state index in [1.54, 1.807) is 20.8 Å². The van der Waals surface area contributed by atoms with E-state index >= 15 is 0 Å². The monoisotopic (exact) mass is 334 g/mol. The second-order valence-electron chi connectivity index (χ2n) is 7.03. The molecule has 0 saturated heterocycles. The Hall–Kier alpha value is -2.24. The summed E-state index contributed by atoms with van der Waals surface area (Å²) >= 11 is 0. The lowest BCUT2D eigenvalue weighted by Crippen LogP contribution is -2.44. The Bertz CT molecular complexity index is 622. The van der Waals surface area contributed by atoms with Crippen molar-refractivity contribution in [1.29, 1.82) is 0 Å². The summed E-state index contributed by atoms with van der Waals surface area (Å²) in [5.41, 5.74) is 2.68. The number of likely N-dealkylation sites (N-methyl/N-ethyl adjacent to an activating group) is 1. The summed E-state index contributed by atoms with van der Waals surface area (Å²) in [6.07, 6.45) is 0.482. The van der Waals surface area contributed by atoms with Gasteiger partial charge in [0.1, 0.15) is 11.6 Å². The Morgan fingerprint density at radius 2 is 2.08 bits per heavy atom. The molecular formula is C18H26N2O4. The first-order valence-electron chi connectivity index (χ1n) is 8.28. The van der Waals surface area contributed by atoms with Gasteiger partial charge in [0, 0.05) is 25.2 Å². The number of carboxylic acids is 1. The number of hydrogen-bond donors (Lipinski definition) is 2. The number of hydrogen-bond acceptors (Lipinski definition) is 4. The second-order valence-corrected chi connectivity index (χ2v) is 7.03. The van der Waals surface area contributed by atoms with Crippen LogP contribution in [0.25, 0.3) is 0 Å². The van der Waals surface area contributed by atoms with E-state index in [4.69, 9.17) is 4.74 Å². The van der Waals surface area contributed by atoms with Gasteiger partial charge in [0.05, 0.1) is 0 Å². The highest BCUT2D eigenvalue weighted by Gasteiger charge is 2.25. The normalized spacial score (nSPS) is 14.9. The van der Waals surface area contributed by atoms with Crippen LogP contribution in [0.3, 0.4) is 0 Å². The van der Waals surface area contributed by atoms with Gasteiger partial charge in [-0.1, -0.05) is 12.1 Å². The number of nitrogens with one attached hydrogen (secondary N) is 1. The lowest BCUT2D eigenvalue weighted by atomic mass is 10.0. The van der Waals surface area contributed by atoms with Crippen molar-refractivity contribution in [2.24, 2.45) is 0 Å². The molecule has 132 valence electrons. The summed E-state index contributed by atoms with van der Waals surface area (Å²) < 4.78 is 5.14. The molecule has 0 bridgehead atoms. The summed E-state index contributed by atoms with van der Waals surface area (Å²) in [6, 6.07) is 4.99. The number of anilines is 1. The first-order valence-corrected chi connectivity index (χ1v) is 8.28. The molecule has 0 fully saturated rings.